The number of hydrogen-bond acceptors (Lipinski definition) is 8. The fourth-order valence-corrected chi connectivity index (χ4v) is 7.75. The van der Waals surface area contributed by atoms with Gasteiger partial charge >= 0.3 is 6.03 Å². The second kappa shape index (κ2) is 10.6. The zero-order valence-electron chi connectivity index (χ0n) is 22.5. The molecule has 0 aliphatic carbocycles. The van der Waals surface area contributed by atoms with Crippen molar-refractivity contribution >= 4 is 40.0 Å². The highest BCUT2D eigenvalue weighted by Crippen LogP contribution is 2.55. The molecule has 2 aromatic rings. The highest BCUT2D eigenvalue weighted by molar-refractivity contribution is 8.24. The summed E-state index contributed by atoms with van der Waals surface area (Å²) in [5.41, 5.74) is 0.680. The number of urea groups is 1. The maximum absolute atomic E-state index is 13.3. The van der Waals surface area contributed by atoms with Gasteiger partial charge in [-0.15, -0.1) is 0 Å². The van der Waals surface area contributed by atoms with Crippen molar-refractivity contribution in [3.05, 3.63) is 59.7 Å². The minimum absolute atomic E-state index is 0.000785. The summed E-state index contributed by atoms with van der Waals surface area (Å²) in [5, 5.41) is 11.1. The molecule has 1 spiro atoms. The van der Waals surface area contributed by atoms with E-state index in [1.54, 1.807) is 29.2 Å². The van der Waals surface area contributed by atoms with Crippen LogP contribution in [0.4, 0.5) is 10.5 Å². The second-order valence-electron chi connectivity index (χ2n) is 11.1. The molecule has 0 bridgehead atoms. The first-order valence-electron chi connectivity index (χ1n) is 13.8. The number of carbonyl (C=O) groups is 4. The first-order chi connectivity index (χ1) is 19.7. The van der Waals surface area contributed by atoms with Crippen LogP contribution in [0.1, 0.15) is 28.8 Å². The fourth-order valence-electron chi connectivity index (χ4n) is 6.23. The molecule has 0 radical (unpaired) electrons. The van der Waals surface area contributed by atoms with Crippen molar-refractivity contribution in [3.8, 4) is 0 Å². The van der Waals surface area contributed by atoms with E-state index in [0.717, 1.165) is 24.3 Å². The second-order valence-corrected chi connectivity index (χ2v) is 13.3. The summed E-state index contributed by atoms with van der Waals surface area (Å²) >= 11 is 0. The fraction of sp³-hybridized carbons (Fsp3) is 0.429. The molecule has 4 aliphatic heterocycles. The van der Waals surface area contributed by atoms with Gasteiger partial charge in [-0.05, 0) is 55.8 Å². The van der Waals surface area contributed by atoms with E-state index in [9.17, 15) is 28.3 Å². The van der Waals surface area contributed by atoms with E-state index in [0.29, 0.717) is 36.4 Å². The standard InChI is InChI=1S/C28H34N6O6S/c35-24(19-7-5-18(6-8-19)15-33-13-14-41(39,40)22-4-2-1-3-21(22)33)30-23-16-34(25(36)20-9-11-29-12-10-20)17-28(23)26(37)31-27(38)32-28/h1-8,20,23,29,39-40H,9-17H2,(H,30,35)(H2,31,32,37,38). The Morgan fingerprint density at radius 3 is 2.49 bits per heavy atom. The lowest BCUT2D eigenvalue weighted by molar-refractivity contribution is -0.135. The molecule has 4 heterocycles. The molecule has 2 atom stereocenters. The van der Waals surface area contributed by atoms with E-state index in [4.69, 9.17) is 0 Å². The number of fused-ring (bicyclic) bond motifs is 1. The van der Waals surface area contributed by atoms with Gasteiger partial charge in [-0.2, -0.15) is 10.6 Å². The molecule has 13 heteroatoms. The Morgan fingerprint density at radius 2 is 1.78 bits per heavy atom. The Labute approximate surface area is 239 Å². The van der Waals surface area contributed by atoms with Gasteiger partial charge in [0.15, 0.2) is 5.54 Å². The molecule has 6 N–H and O–H groups in total. The van der Waals surface area contributed by atoms with Gasteiger partial charge in [0.25, 0.3) is 11.8 Å². The molecule has 0 aromatic heterocycles. The summed E-state index contributed by atoms with van der Waals surface area (Å²) in [6.45, 7) is 2.63. The predicted octanol–water partition coefficient (Wildman–Crippen LogP) is 1.33. The smallest absolute Gasteiger partial charge is 0.322 e. The summed E-state index contributed by atoms with van der Waals surface area (Å²) in [4.78, 5) is 55.8. The number of carbonyl (C=O) groups excluding carboxylic acids is 4. The number of imide groups is 1. The van der Waals surface area contributed by atoms with E-state index in [2.05, 4.69) is 26.2 Å². The van der Waals surface area contributed by atoms with Crippen molar-refractivity contribution in [2.75, 3.05) is 43.4 Å². The third-order valence-electron chi connectivity index (χ3n) is 8.51. The number of nitrogens with zero attached hydrogens (tertiary/aromatic N) is 2. The van der Waals surface area contributed by atoms with Crippen molar-refractivity contribution in [3.63, 3.8) is 0 Å². The van der Waals surface area contributed by atoms with Crippen LogP contribution in [0.5, 0.6) is 0 Å². The molecule has 5 amide bonds. The molecular formula is C28H34N6O6S. The molecule has 2 aromatic carbocycles. The molecule has 6 rings (SSSR count). The predicted molar refractivity (Wildman–Crippen MR) is 153 cm³/mol. The summed E-state index contributed by atoms with van der Waals surface area (Å²) in [6.07, 6.45) is 1.41. The average molecular weight is 583 g/mol. The Balaban J connectivity index is 1.15. The van der Waals surface area contributed by atoms with Gasteiger partial charge in [0, 0.05) is 31.1 Å². The molecule has 4 aliphatic rings. The van der Waals surface area contributed by atoms with Crippen LogP contribution in [0, 0.1) is 5.92 Å². The zero-order chi connectivity index (χ0) is 28.8. The Hall–Kier alpha value is -3.65. The van der Waals surface area contributed by atoms with Crippen molar-refractivity contribution < 1.29 is 28.3 Å². The van der Waals surface area contributed by atoms with Gasteiger partial charge in [0.2, 0.25) is 5.91 Å². The topological polar surface area (TPSA) is 163 Å². The summed E-state index contributed by atoms with van der Waals surface area (Å²) in [5.74, 6) is -0.934. The van der Waals surface area contributed by atoms with Gasteiger partial charge < -0.3 is 25.8 Å². The number of likely N-dealkylation sites (tertiary alicyclic amines) is 1. The lowest BCUT2D eigenvalue weighted by Gasteiger charge is -2.43. The Kier molecular flexibility index (Phi) is 7.14. The van der Waals surface area contributed by atoms with E-state index >= 15 is 0 Å². The van der Waals surface area contributed by atoms with Crippen LogP contribution >= 0.6 is 10.6 Å². The maximum Gasteiger partial charge on any atom is 0.322 e. The van der Waals surface area contributed by atoms with Crippen LogP contribution < -0.4 is 26.2 Å². The van der Waals surface area contributed by atoms with Crippen LogP contribution in [0.3, 0.4) is 0 Å². The zero-order valence-corrected chi connectivity index (χ0v) is 23.3. The van der Waals surface area contributed by atoms with Gasteiger partial charge in [-0.3, -0.25) is 28.8 Å². The monoisotopic (exact) mass is 582 g/mol. The minimum Gasteiger partial charge on any atom is -0.364 e. The van der Waals surface area contributed by atoms with Crippen LogP contribution in [-0.2, 0) is 16.1 Å². The van der Waals surface area contributed by atoms with E-state index in [1.807, 2.05) is 24.3 Å². The number of benzene rings is 2. The van der Waals surface area contributed by atoms with Crippen molar-refractivity contribution in [1.29, 1.82) is 0 Å². The van der Waals surface area contributed by atoms with E-state index < -0.39 is 40.0 Å². The number of nitrogens with one attached hydrogen (secondary N) is 4. The van der Waals surface area contributed by atoms with Crippen molar-refractivity contribution in [1.82, 2.24) is 26.2 Å². The largest absolute Gasteiger partial charge is 0.364 e. The molecule has 41 heavy (non-hydrogen) atoms. The number of rotatable bonds is 5. The van der Waals surface area contributed by atoms with Gasteiger partial charge in [-0.1, -0.05) is 24.3 Å². The number of para-hydroxylation sites is 1. The summed E-state index contributed by atoms with van der Waals surface area (Å²) < 4.78 is 20.9. The molecule has 0 saturated carbocycles. The van der Waals surface area contributed by atoms with Crippen molar-refractivity contribution in [2.24, 2.45) is 5.92 Å². The van der Waals surface area contributed by atoms with Gasteiger partial charge in [-0.25, -0.2) is 4.79 Å². The highest BCUT2D eigenvalue weighted by atomic mass is 32.3. The molecule has 218 valence electrons. The summed E-state index contributed by atoms with van der Waals surface area (Å²) in [7, 11) is -2.81. The van der Waals surface area contributed by atoms with Crippen LogP contribution in [0.25, 0.3) is 0 Å². The van der Waals surface area contributed by atoms with Crippen LogP contribution in [0.2, 0.25) is 0 Å². The Morgan fingerprint density at radius 1 is 1.05 bits per heavy atom. The van der Waals surface area contributed by atoms with Crippen LogP contribution in [-0.4, -0.2) is 87.8 Å². The average Bonchev–Trinajstić information content (AvgIpc) is 3.48. The third kappa shape index (κ3) is 5.14. The molecule has 3 fully saturated rings. The molecule has 2 unspecified atom stereocenters. The molecule has 3 saturated heterocycles. The highest BCUT2D eigenvalue weighted by Gasteiger charge is 2.59. The summed E-state index contributed by atoms with van der Waals surface area (Å²) in [6, 6.07) is 12.9. The quantitative estimate of drug-likeness (QED) is 0.288. The maximum atomic E-state index is 13.3. The number of hydrogen-bond donors (Lipinski definition) is 6. The lowest BCUT2D eigenvalue weighted by atomic mass is 9.93. The van der Waals surface area contributed by atoms with E-state index in [1.165, 1.54) is 0 Å². The number of anilines is 1. The molecular weight excluding hydrogens is 548 g/mol. The minimum atomic E-state index is -2.81. The Bertz CT molecular complexity index is 1380. The lowest BCUT2D eigenvalue weighted by Crippen LogP contribution is -2.62. The number of piperidine rings is 1. The van der Waals surface area contributed by atoms with Crippen molar-refractivity contribution in [2.45, 2.75) is 35.9 Å². The number of amides is 5. The molecule has 12 nitrogen and oxygen atoms in total. The normalized spacial score (nSPS) is 26.3. The van der Waals surface area contributed by atoms with Gasteiger partial charge in [0.05, 0.1) is 28.9 Å². The van der Waals surface area contributed by atoms with Crippen LogP contribution in [0.15, 0.2) is 53.4 Å². The third-order valence-corrected chi connectivity index (χ3v) is 10.3. The first-order valence-corrected chi connectivity index (χ1v) is 15.5. The SMILES string of the molecule is O=C1NC(=O)C2(CN(C(=O)C3CCNCC3)CC2NC(=O)c2ccc(CN3CCS(O)(O)c4ccccc43)cc2)N1. The van der Waals surface area contributed by atoms with Gasteiger partial charge in [0.1, 0.15) is 0 Å². The first kappa shape index (κ1) is 27.5. The van der Waals surface area contributed by atoms with E-state index in [-0.39, 0.29) is 30.7 Å².